The van der Waals surface area contributed by atoms with Crippen molar-refractivity contribution in [2.45, 2.75) is 19.8 Å². The van der Waals surface area contributed by atoms with Gasteiger partial charge >= 0.3 is 5.97 Å². The van der Waals surface area contributed by atoms with Crippen molar-refractivity contribution in [2.75, 3.05) is 14.2 Å². The topological polar surface area (TPSA) is 35.5 Å². The van der Waals surface area contributed by atoms with Gasteiger partial charge in [-0.1, -0.05) is 26.0 Å². The fraction of sp³-hybridized carbons (Fsp3) is 0.462. The van der Waals surface area contributed by atoms with E-state index in [1.54, 1.807) is 7.11 Å². The van der Waals surface area contributed by atoms with Crippen LogP contribution in [-0.4, -0.2) is 20.2 Å². The lowest BCUT2D eigenvalue weighted by Gasteiger charge is -2.19. The number of carbonyl (C=O) groups excluding carboxylic acids is 1. The summed E-state index contributed by atoms with van der Waals surface area (Å²) in [4.78, 5) is 11.7. The van der Waals surface area contributed by atoms with Crippen LogP contribution in [0.15, 0.2) is 24.3 Å². The Kier molecular flexibility index (Phi) is 4.35. The summed E-state index contributed by atoms with van der Waals surface area (Å²) in [5, 5.41) is 0. The molecule has 0 bridgehead atoms. The van der Waals surface area contributed by atoms with E-state index in [2.05, 4.69) is 0 Å². The molecular formula is C13H18O3. The molecule has 0 spiro atoms. The fourth-order valence-electron chi connectivity index (χ4n) is 1.76. The molecule has 1 atom stereocenters. The van der Waals surface area contributed by atoms with E-state index in [1.807, 2.05) is 38.1 Å². The van der Waals surface area contributed by atoms with Gasteiger partial charge in [0, 0.05) is 0 Å². The third-order valence-electron chi connectivity index (χ3n) is 2.57. The molecule has 1 aromatic carbocycles. The Morgan fingerprint density at radius 3 is 2.44 bits per heavy atom. The summed E-state index contributed by atoms with van der Waals surface area (Å²) in [6, 6.07) is 7.54. The van der Waals surface area contributed by atoms with E-state index in [0.717, 1.165) is 11.3 Å². The van der Waals surface area contributed by atoms with Gasteiger partial charge in [-0.25, -0.2) is 0 Å². The van der Waals surface area contributed by atoms with E-state index in [0.29, 0.717) is 0 Å². The van der Waals surface area contributed by atoms with Crippen LogP contribution in [0, 0.1) is 5.92 Å². The van der Waals surface area contributed by atoms with Gasteiger partial charge < -0.3 is 9.47 Å². The lowest BCUT2D eigenvalue weighted by molar-refractivity contribution is -0.143. The minimum atomic E-state index is -0.236. The molecule has 0 radical (unpaired) electrons. The number of esters is 1. The smallest absolute Gasteiger partial charge is 0.313 e. The number of methoxy groups -OCH3 is 2. The molecule has 0 saturated heterocycles. The largest absolute Gasteiger partial charge is 0.497 e. The van der Waals surface area contributed by atoms with Crippen LogP contribution < -0.4 is 4.74 Å². The maximum Gasteiger partial charge on any atom is 0.313 e. The van der Waals surface area contributed by atoms with Crippen molar-refractivity contribution in [2.24, 2.45) is 5.92 Å². The Morgan fingerprint density at radius 2 is 1.94 bits per heavy atom. The second-order valence-electron chi connectivity index (χ2n) is 4.02. The average molecular weight is 222 g/mol. The Hall–Kier alpha value is -1.51. The number of rotatable bonds is 4. The number of benzene rings is 1. The summed E-state index contributed by atoms with van der Waals surface area (Å²) < 4.78 is 9.97. The van der Waals surface area contributed by atoms with Crippen LogP contribution in [0.1, 0.15) is 25.3 Å². The number of hydrogen-bond donors (Lipinski definition) is 0. The van der Waals surface area contributed by atoms with E-state index in [4.69, 9.17) is 9.47 Å². The second-order valence-corrected chi connectivity index (χ2v) is 4.02. The standard InChI is InChI=1S/C13H18O3/c1-9(2)12(13(14)16-4)10-6-5-7-11(8-10)15-3/h5-9,12H,1-4H3. The molecule has 0 amide bonds. The molecule has 16 heavy (non-hydrogen) atoms. The third kappa shape index (κ3) is 2.75. The quantitative estimate of drug-likeness (QED) is 0.734. The van der Waals surface area contributed by atoms with Gasteiger partial charge in [0.05, 0.1) is 20.1 Å². The molecule has 0 aliphatic rings. The molecule has 3 heteroatoms. The first kappa shape index (κ1) is 12.6. The van der Waals surface area contributed by atoms with Crippen molar-refractivity contribution < 1.29 is 14.3 Å². The zero-order valence-electron chi connectivity index (χ0n) is 10.2. The molecule has 0 aromatic heterocycles. The molecule has 88 valence electrons. The van der Waals surface area contributed by atoms with Gasteiger partial charge in [0.2, 0.25) is 0 Å². The summed E-state index contributed by atoms with van der Waals surface area (Å²) in [6.07, 6.45) is 0. The average Bonchev–Trinajstić information content (AvgIpc) is 2.29. The van der Waals surface area contributed by atoms with E-state index in [9.17, 15) is 4.79 Å². The first-order chi connectivity index (χ1) is 7.60. The molecule has 0 fully saturated rings. The predicted octanol–water partition coefficient (Wildman–Crippen LogP) is 2.61. The summed E-state index contributed by atoms with van der Waals surface area (Å²) in [7, 11) is 3.03. The molecule has 0 aliphatic heterocycles. The molecule has 0 N–H and O–H groups in total. The van der Waals surface area contributed by atoms with Crippen molar-refractivity contribution in [3.63, 3.8) is 0 Å². The molecular weight excluding hydrogens is 204 g/mol. The molecule has 0 saturated carbocycles. The number of hydrogen-bond acceptors (Lipinski definition) is 3. The molecule has 0 aliphatic carbocycles. The van der Waals surface area contributed by atoms with Gasteiger partial charge in [-0.2, -0.15) is 0 Å². The van der Waals surface area contributed by atoms with Gasteiger partial charge in [0.25, 0.3) is 0 Å². The highest BCUT2D eigenvalue weighted by molar-refractivity contribution is 5.78. The second kappa shape index (κ2) is 5.54. The van der Waals surface area contributed by atoms with Gasteiger partial charge in [0.1, 0.15) is 5.75 Å². The van der Waals surface area contributed by atoms with Crippen LogP contribution in [0.2, 0.25) is 0 Å². The fourth-order valence-corrected chi connectivity index (χ4v) is 1.76. The Balaban J connectivity index is 3.05. The molecule has 1 aromatic rings. The summed E-state index contributed by atoms with van der Waals surface area (Å²) >= 11 is 0. The van der Waals surface area contributed by atoms with Gasteiger partial charge in [-0.05, 0) is 23.6 Å². The minimum Gasteiger partial charge on any atom is -0.497 e. The van der Waals surface area contributed by atoms with Crippen LogP contribution in [0.4, 0.5) is 0 Å². The number of carbonyl (C=O) groups is 1. The van der Waals surface area contributed by atoms with E-state index in [1.165, 1.54) is 7.11 Å². The lowest BCUT2D eigenvalue weighted by atomic mass is 9.88. The summed E-state index contributed by atoms with van der Waals surface area (Å²) in [5.74, 6) is 0.509. The SMILES string of the molecule is COC(=O)C(c1cccc(OC)c1)C(C)C. The van der Waals surface area contributed by atoms with Crippen LogP contribution in [0.3, 0.4) is 0 Å². The van der Waals surface area contributed by atoms with Crippen LogP contribution >= 0.6 is 0 Å². The van der Waals surface area contributed by atoms with Crippen molar-refractivity contribution in [1.29, 1.82) is 0 Å². The molecule has 3 nitrogen and oxygen atoms in total. The molecule has 1 rings (SSSR count). The Bertz CT molecular complexity index is 358. The maximum absolute atomic E-state index is 11.7. The maximum atomic E-state index is 11.7. The van der Waals surface area contributed by atoms with Crippen LogP contribution in [0.5, 0.6) is 5.75 Å². The van der Waals surface area contributed by atoms with E-state index in [-0.39, 0.29) is 17.8 Å². The Morgan fingerprint density at radius 1 is 1.25 bits per heavy atom. The highest BCUT2D eigenvalue weighted by Crippen LogP contribution is 2.28. The first-order valence-corrected chi connectivity index (χ1v) is 5.32. The van der Waals surface area contributed by atoms with E-state index < -0.39 is 0 Å². The zero-order chi connectivity index (χ0) is 12.1. The summed E-state index contributed by atoms with van der Waals surface area (Å²) in [6.45, 7) is 4.00. The highest BCUT2D eigenvalue weighted by Gasteiger charge is 2.25. The van der Waals surface area contributed by atoms with Crippen molar-refractivity contribution in [1.82, 2.24) is 0 Å². The lowest BCUT2D eigenvalue weighted by Crippen LogP contribution is -2.19. The molecule has 0 heterocycles. The van der Waals surface area contributed by atoms with Crippen molar-refractivity contribution >= 4 is 5.97 Å². The van der Waals surface area contributed by atoms with Gasteiger partial charge in [-0.15, -0.1) is 0 Å². The zero-order valence-corrected chi connectivity index (χ0v) is 10.2. The van der Waals surface area contributed by atoms with Gasteiger partial charge in [0.15, 0.2) is 0 Å². The van der Waals surface area contributed by atoms with Crippen molar-refractivity contribution in [3.05, 3.63) is 29.8 Å². The highest BCUT2D eigenvalue weighted by atomic mass is 16.5. The van der Waals surface area contributed by atoms with Crippen LogP contribution in [-0.2, 0) is 9.53 Å². The van der Waals surface area contributed by atoms with E-state index >= 15 is 0 Å². The van der Waals surface area contributed by atoms with Crippen molar-refractivity contribution in [3.8, 4) is 5.75 Å². The summed E-state index contributed by atoms with van der Waals surface area (Å²) in [5.41, 5.74) is 0.932. The molecule has 1 unspecified atom stereocenters. The Labute approximate surface area is 96.4 Å². The monoisotopic (exact) mass is 222 g/mol. The van der Waals surface area contributed by atoms with Gasteiger partial charge in [-0.3, -0.25) is 4.79 Å². The predicted molar refractivity (Wildman–Crippen MR) is 62.6 cm³/mol. The van der Waals surface area contributed by atoms with Crippen LogP contribution in [0.25, 0.3) is 0 Å². The first-order valence-electron chi connectivity index (χ1n) is 5.32. The third-order valence-corrected chi connectivity index (χ3v) is 2.57. The normalized spacial score (nSPS) is 12.3. The number of ether oxygens (including phenoxy) is 2. The minimum absolute atomic E-state index is 0.194.